The molecule has 1 aromatic heterocycles. The fourth-order valence-corrected chi connectivity index (χ4v) is 1.53. The van der Waals surface area contributed by atoms with Gasteiger partial charge in [0.15, 0.2) is 0 Å². The number of anilines is 1. The maximum atomic E-state index is 13.3. The summed E-state index contributed by atoms with van der Waals surface area (Å²) in [6.07, 6.45) is 1.63. The minimum absolute atomic E-state index is 0.0149. The van der Waals surface area contributed by atoms with E-state index in [1.165, 1.54) is 12.1 Å². The molecular formula is C10H9ClFN3. The van der Waals surface area contributed by atoms with Gasteiger partial charge in [0.05, 0.1) is 16.4 Å². The lowest BCUT2D eigenvalue weighted by molar-refractivity contribution is 0.626. The molecule has 1 aromatic carbocycles. The summed E-state index contributed by atoms with van der Waals surface area (Å²) in [5, 5.41) is 4.06. The van der Waals surface area contributed by atoms with Crippen LogP contribution in [0, 0.1) is 12.7 Å². The van der Waals surface area contributed by atoms with E-state index in [2.05, 4.69) is 5.10 Å². The summed E-state index contributed by atoms with van der Waals surface area (Å²) in [4.78, 5) is 0. The Kier molecular flexibility index (Phi) is 2.36. The normalized spacial score (nSPS) is 10.6. The number of halogens is 2. The third-order valence-electron chi connectivity index (χ3n) is 2.13. The molecule has 0 radical (unpaired) electrons. The van der Waals surface area contributed by atoms with Gasteiger partial charge in [0.25, 0.3) is 0 Å². The van der Waals surface area contributed by atoms with Crippen molar-refractivity contribution in [2.45, 2.75) is 6.92 Å². The van der Waals surface area contributed by atoms with Gasteiger partial charge in [-0.15, -0.1) is 0 Å². The molecule has 0 fully saturated rings. The summed E-state index contributed by atoms with van der Waals surface area (Å²) in [6, 6.07) is 4.47. The lowest BCUT2D eigenvalue weighted by Crippen LogP contribution is -2.03. The van der Waals surface area contributed by atoms with E-state index in [-0.39, 0.29) is 5.02 Å². The summed E-state index contributed by atoms with van der Waals surface area (Å²) in [5.41, 5.74) is 7.51. The maximum Gasteiger partial charge on any atom is 0.144 e. The van der Waals surface area contributed by atoms with Crippen molar-refractivity contribution in [1.82, 2.24) is 9.78 Å². The monoisotopic (exact) mass is 225 g/mol. The quantitative estimate of drug-likeness (QED) is 0.758. The van der Waals surface area contributed by atoms with Crippen molar-refractivity contribution in [1.29, 1.82) is 0 Å². The van der Waals surface area contributed by atoms with Crippen molar-refractivity contribution in [2.75, 3.05) is 5.73 Å². The minimum Gasteiger partial charge on any atom is -0.397 e. The van der Waals surface area contributed by atoms with E-state index in [0.29, 0.717) is 11.4 Å². The second kappa shape index (κ2) is 3.55. The van der Waals surface area contributed by atoms with Crippen LogP contribution >= 0.6 is 11.6 Å². The van der Waals surface area contributed by atoms with E-state index in [1.54, 1.807) is 10.9 Å². The molecule has 1 heterocycles. The van der Waals surface area contributed by atoms with Crippen LogP contribution in [0.4, 0.5) is 10.1 Å². The molecule has 0 saturated heterocycles. The molecule has 0 aliphatic carbocycles. The molecule has 0 spiro atoms. The molecule has 3 nitrogen and oxygen atoms in total. The Hall–Kier alpha value is -1.55. The first-order valence-electron chi connectivity index (χ1n) is 4.35. The number of hydrogen-bond acceptors (Lipinski definition) is 2. The highest BCUT2D eigenvalue weighted by Crippen LogP contribution is 2.25. The Morgan fingerprint density at radius 3 is 2.80 bits per heavy atom. The van der Waals surface area contributed by atoms with Crippen molar-refractivity contribution >= 4 is 17.3 Å². The molecule has 78 valence electrons. The van der Waals surface area contributed by atoms with Crippen LogP contribution in [0.2, 0.25) is 5.02 Å². The summed E-state index contributed by atoms with van der Waals surface area (Å²) in [5.74, 6) is -0.504. The summed E-state index contributed by atoms with van der Waals surface area (Å²) < 4.78 is 14.8. The molecule has 2 N–H and O–H groups in total. The fraction of sp³-hybridized carbons (Fsp3) is 0.100. The molecule has 2 aromatic rings. The number of nitrogens with two attached hydrogens (primary N) is 1. The van der Waals surface area contributed by atoms with Crippen molar-refractivity contribution in [3.63, 3.8) is 0 Å². The number of aryl methyl sites for hydroxylation is 1. The SMILES string of the molecule is Cc1ccnn1-c1cc(F)c(Cl)cc1N. The van der Waals surface area contributed by atoms with Gasteiger partial charge in [0.1, 0.15) is 5.82 Å². The van der Waals surface area contributed by atoms with Gasteiger partial charge in [-0.3, -0.25) is 0 Å². The third-order valence-corrected chi connectivity index (χ3v) is 2.42. The van der Waals surface area contributed by atoms with Gasteiger partial charge < -0.3 is 5.73 Å². The molecule has 5 heteroatoms. The zero-order chi connectivity index (χ0) is 11.0. The maximum absolute atomic E-state index is 13.3. The zero-order valence-corrected chi connectivity index (χ0v) is 8.79. The van der Waals surface area contributed by atoms with Crippen LogP contribution in [-0.4, -0.2) is 9.78 Å². The van der Waals surface area contributed by atoms with E-state index in [9.17, 15) is 4.39 Å². The Bertz CT molecular complexity index is 507. The highest BCUT2D eigenvalue weighted by Gasteiger charge is 2.09. The van der Waals surface area contributed by atoms with E-state index < -0.39 is 5.82 Å². The average Bonchev–Trinajstić information content (AvgIpc) is 2.58. The van der Waals surface area contributed by atoms with Gasteiger partial charge in [-0.1, -0.05) is 11.6 Å². The lowest BCUT2D eigenvalue weighted by Gasteiger charge is -2.08. The van der Waals surface area contributed by atoms with E-state index in [1.807, 2.05) is 13.0 Å². The third kappa shape index (κ3) is 1.68. The molecule has 0 amide bonds. The van der Waals surface area contributed by atoms with E-state index in [4.69, 9.17) is 17.3 Å². The Balaban J connectivity index is 2.64. The van der Waals surface area contributed by atoms with Crippen LogP contribution in [-0.2, 0) is 0 Å². The molecular weight excluding hydrogens is 217 g/mol. The smallest absolute Gasteiger partial charge is 0.144 e. The predicted octanol–water partition coefficient (Wildman–Crippen LogP) is 2.56. The Morgan fingerprint density at radius 1 is 1.47 bits per heavy atom. The molecule has 0 atom stereocenters. The summed E-state index contributed by atoms with van der Waals surface area (Å²) >= 11 is 5.60. The van der Waals surface area contributed by atoms with Crippen LogP contribution in [0.3, 0.4) is 0 Å². The number of nitrogen functional groups attached to an aromatic ring is 1. The minimum atomic E-state index is -0.504. The Labute approximate surface area is 91.3 Å². The molecule has 15 heavy (non-hydrogen) atoms. The van der Waals surface area contributed by atoms with Gasteiger partial charge in [-0.2, -0.15) is 5.10 Å². The zero-order valence-electron chi connectivity index (χ0n) is 8.04. The number of nitrogens with zero attached hydrogens (tertiary/aromatic N) is 2. The Morgan fingerprint density at radius 2 is 2.20 bits per heavy atom. The van der Waals surface area contributed by atoms with E-state index >= 15 is 0 Å². The van der Waals surface area contributed by atoms with Crippen LogP contribution < -0.4 is 5.73 Å². The van der Waals surface area contributed by atoms with Gasteiger partial charge in [0.2, 0.25) is 0 Å². The predicted molar refractivity (Wildman–Crippen MR) is 57.7 cm³/mol. The lowest BCUT2D eigenvalue weighted by atomic mass is 10.2. The molecule has 0 aliphatic heterocycles. The second-order valence-electron chi connectivity index (χ2n) is 3.21. The first-order chi connectivity index (χ1) is 7.09. The highest BCUT2D eigenvalue weighted by molar-refractivity contribution is 6.31. The van der Waals surface area contributed by atoms with Gasteiger partial charge in [-0.25, -0.2) is 9.07 Å². The van der Waals surface area contributed by atoms with Crippen molar-refractivity contribution < 1.29 is 4.39 Å². The van der Waals surface area contributed by atoms with Crippen molar-refractivity contribution in [3.05, 3.63) is 40.9 Å². The number of aromatic nitrogens is 2. The summed E-state index contributed by atoms with van der Waals surface area (Å²) in [6.45, 7) is 1.86. The first kappa shape index (κ1) is 9.98. The van der Waals surface area contributed by atoms with Gasteiger partial charge in [-0.05, 0) is 19.1 Å². The number of benzene rings is 1. The molecule has 0 unspecified atom stereocenters. The average molecular weight is 226 g/mol. The van der Waals surface area contributed by atoms with Crippen molar-refractivity contribution in [3.8, 4) is 5.69 Å². The van der Waals surface area contributed by atoms with Gasteiger partial charge >= 0.3 is 0 Å². The van der Waals surface area contributed by atoms with Crippen LogP contribution in [0.15, 0.2) is 24.4 Å². The topological polar surface area (TPSA) is 43.8 Å². The first-order valence-corrected chi connectivity index (χ1v) is 4.73. The number of hydrogen-bond donors (Lipinski definition) is 1. The molecule has 0 saturated carbocycles. The molecule has 2 rings (SSSR count). The second-order valence-corrected chi connectivity index (χ2v) is 3.62. The summed E-state index contributed by atoms with van der Waals surface area (Å²) in [7, 11) is 0. The molecule has 0 bridgehead atoms. The van der Waals surface area contributed by atoms with Crippen LogP contribution in [0.1, 0.15) is 5.69 Å². The molecule has 0 aliphatic rings. The standard InChI is InChI=1S/C10H9ClFN3/c1-6-2-3-14-15(6)10-5-8(12)7(11)4-9(10)13/h2-5H,13H2,1H3. The van der Waals surface area contributed by atoms with Gasteiger partial charge in [0, 0.05) is 18.0 Å². The van der Waals surface area contributed by atoms with Crippen LogP contribution in [0.5, 0.6) is 0 Å². The number of rotatable bonds is 1. The largest absolute Gasteiger partial charge is 0.397 e. The fourth-order valence-electron chi connectivity index (χ4n) is 1.36. The van der Waals surface area contributed by atoms with E-state index in [0.717, 1.165) is 5.69 Å². The highest BCUT2D eigenvalue weighted by atomic mass is 35.5. The van der Waals surface area contributed by atoms with Crippen LogP contribution in [0.25, 0.3) is 5.69 Å². The van der Waals surface area contributed by atoms with Crippen molar-refractivity contribution in [2.24, 2.45) is 0 Å².